The Kier molecular flexibility index (Phi) is 4.16. The molecule has 1 aliphatic heterocycles. The summed E-state index contributed by atoms with van der Waals surface area (Å²) in [6.07, 6.45) is 6.47. The first-order valence-electron chi connectivity index (χ1n) is 9.55. The fourth-order valence-electron chi connectivity index (χ4n) is 4.47. The van der Waals surface area contributed by atoms with Crippen LogP contribution in [0.3, 0.4) is 0 Å². The number of nitrogens with one attached hydrogen (secondary N) is 1. The maximum Gasteiger partial charge on any atom is 0.235 e. The molecule has 0 saturated heterocycles. The molecule has 2 aliphatic rings. The van der Waals surface area contributed by atoms with Crippen LogP contribution in [0.2, 0.25) is 0 Å². The number of hydrogen-bond donors (Lipinski definition) is 2. The van der Waals surface area contributed by atoms with Gasteiger partial charge in [0, 0.05) is 41.7 Å². The number of fused-ring (bicyclic) bond motifs is 2. The zero-order chi connectivity index (χ0) is 17.6. The van der Waals surface area contributed by atoms with Crippen LogP contribution in [0.1, 0.15) is 38.3 Å². The van der Waals surface area contributed by atoms with E-state index in [1.54, 1.807) is 0 Å². The van der Waals surface area contributed by atoms with Gasteiger partial charge in [0.1, 0.15) is 12.0 Å². The summed E-state index contributed by atoms with van der Waals surface area (Å²) in [4.78, 5) is 18.5. The Balaban J connectivity index is 1.71. The van der Waals surface area contributed by atoms with Crippen molar-refractivity contribution in [2.24, 2.45) is 5.92 Å². The van der Waals surface area contributed by atoms with E-state index in [0.29, 0.717) is 6.04 Å². The van der Waals surface area contributed by atoms with Gasteiger partial charge in [-0.1, -0.05) is 25.1 Å². The first kappa shape index (κ1) is 16.4. The zero-order valence-electron chi connectivity index (χ0n) is 15.4. The first-order chi connectivity index (χ1) is 12.1. The smallest absolute Gasteiger partial charge is 0.235 e. The van der Waals surface area contributed by atoms with E-state index < -0.39 is 0 Å². The normalized spacial score (nSPS) is 22.0. The topological polar surface area (TPSA) is 52.7 Å². The molecule has 4 heteroatoms. The van der Waals surface area contributed by atoms with Gasteiger partial charge in [-0.3, -0.25) is 4.79 Å². The highest BCUT2D eigenvalue weighted by Crippen LogP contribution is 2.36. The Morgan fingerprint density at radius 1 is 1.40 bits per heavy atom. The van der Waals surface area contributed by atoms with E-state index in [0.717, 1.165) is 25.9 Å². The molecule has 4 nitrogen and oxygen atoms in total. The molecule has 0 bridgehead atoms. The van der Waals surface area contributed by atoms with Crippen molar-refractivity contribution in [1.82, 2.24) is 9.88 Å². The molecule has 0 saturated carbocycles. The molecule has 132 valence electrons. The molecule has 1 aromatic heterocycles. The van der Waals surface area contributed by atoms with Crippen LogP contribution >= 0.6 is 0 Å². The number of carbonyl (C=O) groups is 1. The molecule has 2 atom stereocenters. The number of quaternary nitrogens is 1. The van der Waals surface area contributed by atoms with E-state index >= 15 is 0 Å². The first-order valence-corrected chi connectivity index (χ1v) is 9.55. The minimum absolute atomic E-state index is 0.0176. The van der Waals surface area contributed by atoms with Gasteiger partial charge in [0.25, 0.3) is 0 Å². The van der Waals surface area contributed by atoms with Crippen LogP contribution < -0.4 is 5.32 Å². The molecule has 3 N–H and O–H groups in total. The van der Waals surface area contributed by atoms with E-state index in [1.807, 2.05) is 4.90 Å². The summed E-state index contributed by atoms with van der Waals surface area (Å²) in [5.74, 6) is 0.266. The minimum atomic E-state index is -0.0176. The largest absolute Gasteiger partial charge is 0.361 e. The van der Waals surface area contributed by atoms with Crippen molar-refractivity contribution in [2.45, 2.75) is 45.7 Å². The second kappa shape index (κ2) is 6.34. The van der Waals surface area contributed by atoms with Gasteiger partial charge in [0.15, 0.2) is 0 Å². The lowest BCUT2D eigenvalue weighted by molar-refractivity contribution is -0.681. The predicted octanol–water partition coefficient (Wildman–Crippen LogP) is 2.32. The highest BCUT2D eigenvalue weighted by Gasteiger charge is 2.36. The van der Waals surface area contributed by atoms with Crippen LogP contribution in [-0.4, -0.2) is 41.0 Å². The maximum absolute atomic E-state index is 13.1. The SMILES string of the molecule is CCCN(C(=O)[C@@H]1C=C2c3cccc4[nH]cc(c34)C[C@H]2[NH2+]C1)C(C)C. The predicted molar refractivity (Wildman–Crippen MR) is 101 cm³/mol. The molecule has 1 aliphatic carbocycles. The number of nitrogens with two attached hydrogens (primary N) is 1. The number of benzene rings is 1. The summed E-state index contributed by atoms with van der Waals surface area (Å²) in [7, 11) is 0. The molecule has 0 radical (unpaired) electrons. The van der Waals surface area contributed by atoms with E-state index in [2.05, 4.69) is 61.5 Å². The monoisotopic (exact) mass is 338 g/mol. The Bertz CT molecular complexity index is 833. The molecule has 2 heterocycles. The van der Waals surface area contributed by atoms with Gasteiger partial charge >= 0.3 is 0 Å². The summed E-state index contributed by atoms with van der Waals surface area (Å²) >= 11 is 0. The van der Waals surface area contributed by atoms with Crippen molar-refractivity contribution in [3.63, 3.8) is 0 Å². The van der Waals surface area contributed by atoms with Crippen LogP contribution in [0, 0.1) is 5.92 Å². The molecule has 0 spiro atoms. The maximum atomic E-state index is 13.1. The van der Waals surface area contributed by atoms with Gasteiger partial charge < -0.3 is 15.2 Å². The average Bonchev–Trinajstić information content (AvgIpc) is 3.03. The van der Waals surface area contributed by atoms with Gasteiger partial charge in [-0.15, -0.1) is 0 Å². The molecule has 2 aromatic rings. The van der Waals surface area contributed by atoms with Crippen LogP contribution in [-0.2, 0) is 11.2 Å². The van der Waals surface area contributed by atoms with Crippen LogP contribution in [0.5, 0.6) is 0 Å². The number of hydrogen-bond acceptors (Lipinski definition) is 1. The molecule has 4 rings (SSSR count). The second-order valence-electron chi connectivity index (χ2n) is 7.68. The van der Waals surface area contributed by atoms with Gasteiger partial charge in [0.05, 0.1) is 6.54 Å². The fraction of sp³-hybridized carbons (Fsp3) is 0.476. The molecule has 1 aromatic carbocycles. The lowest BCUT2D eigenvalue weighted by atomic mass is 9.80. The molecule has 25 heavy (non-hydrogen) atoms. The van der Waals surface area contributed by atoms with E-state index in [-0.39, 0.29) is 17.9 Å². The van der Waals surface area contributed by atoms with Crippen molar-refractivity contribution in [1.29, 1.82) is 0 Å². The fourth-order valence-corrected chi connectivity index (χ4v) is 4.47. The van der Waals surface area contributed by atoms with Crippen molar-refractivity contribution in [2.75, 3.05) is 13.1 Å². The number of rotatable bonds is 4. The second-order valence-corrected chi connectivity index (χ2v) is 7.68. The standard InChI is InChI=1S/C21H27N3O/c1-4-8-24(13(2)3)21(25)15-9-17-16-6-5-7-18-20(16)14(11-22-18)10-19(17)23-12-15/h5-7,9,11,13,15,19,22-23H,4,8,10,12H2,1-3H3/p+1/t15-,19-/m1/s1. The highest BCUT2D eigenvalue weighted by molar-refractivity contribution is 5.98. The summed E-state index contributed by atoms with van der Waals surface area (Å²) in [6, 6.07) is 7.17. The van der Waals surface area contributed by atoms with Crippen LogP contribution in [0.4, 0.5) is 0 Å². The lowest BCUT2D eigenvalue weighted by Gasteiger charge is -2.34. The molecule has 1 amide bonds. The minimum Gasteiger partial charge on any atom is -0.361 e. The van der Waals surface area contributed by atoms with E-state index in [4.69, 9.17) is 0 Å². The summed E-state index contributed by atoms with van der Waals surface area (Å²) in [6.45, 7) is 8.07. The number of nitrogens with zero attached hydrogens (tertiary/aromatic N) is 1. The van der Waals surface area contributed by atoms with Crippen molar-refractivity contribution in [3.8, 4) is 0 Å². The summed E-state index contributed by atoms with van der Waals surface area (Å²) in [5.41, 5.74) is 5.27. The van der Waals surface area contributed by atoms with Crippen molar-refractivity contribution in [3.05, 3.63) is 41.6 Å². The molecular weight excluding hydrogens is 310 g/mol. The Hall–Kier alpha value is -2.07. The third-order valence-corrected chi connectivity index (χ3v) is 5.68. The number of aromatic nitrogens is 1. The average molecular weight is 338 g/mol. The highest BCUT2D eigenvalue weighted by atomic mass is 16.2. The zero-order valence-corrected chi connectivity index (χ0v) is 15.4. The van der Waals surface area contributed by atoms with Crippen molar-refractivity contribution >= 4 is 22.4 Å². The third kappa shape index (κ3) is 2.69. The number of carbonyl (C=O) groups excluding carboxylic acids is 1. The Morgan fingerprint density at radius 2 is 2.24 bits per heavy atom. The number of aromatic amines is 1. The van der Waals surface area contributed by atoms with Crippen molar-refractivity contribution < 1.29 is 10.1 Å². The number of amides is 1. The Labute approximate surface area is 149 Å². The van der Waals surface area contributed by atoms with E-state index in [1.165, 1.54) is 27.6 Å². The van der Waals surface area contributed by atoms with Gasteiger partial charge in [0.2, 0.25) is 5.91 Å². The van der Waals surface area contributed by atoms with Gasteiger partial charge in [-0.2, -0.15) is 0 Å². The third-order valence-electron chi connectivity index (χ3n) is 5.68. The molecule has 0 fully saturated rings. The summed E-state index contributed by atoms with van der Waals surface area (Å²) < 4.78 is 0. The van der Waals surface area contributed by atoms with E-state index in [9.17, 15) is 4.79 Å². The lowest BCUT2D eigenvalue weighted by Crippen LogP contribution is -2.93. The van der Waals surface area contributed by atoms with Crippen LogP contribution in [0.25, 0.3) is 16.5 Å². The van der Waals surface area contributed by atoms with Gasteiger partial charge in [-0.25, -0.2) is 0 Å². The molecule has 0 unspecified atom stereocenters. The Morgan fingerprint density at radius 3 is 3.00 bits per heavy atom. The molecular formula is C21H28N3O+. The number of H-pyrrole nitrogens is 1. The van der Waals surface area contributed by atoms with Gasteiger partial charge in [-0.05, 0) is 37.5 Å². The van der Waals surface area contributed by atoms with Crippen LogP contribution in [0.15, 0.2) is 30.5 Å². The quantitative estimate of drug-likeness (QED) is 0.883. The summed E-state index contributed by atoms with van der Waals surface area (Å²) in [5, 5.41) is 3.72.